The van der Waals surface area contributed by atoms with E-state index in [2.05, 4.69) is 13.8 Å². The van der Waals surface area contributed by atoms with Crippen molar-refractivity contribution in [2.45, 2.75) is 13.8 Å². The molecule has 0 fully saturated rings. The van der Waals surface area contributed by atoms with Crippen molar-refractivity contribution in [1.29, 1.82) is 0 Å². The summed E-state index contributed by atoms with van der Waals surface area (Å²) in [5.74, 6) is 0. The van der Waals surface area contributed by atoms with Crippen molar-refractivity contribution in [2.75, 3.05) is 12.3 Å². The van der Waals surface area contributed by atoms with Crippen LogP contribution in [0.2, 0.25) is 0 Å². The zero-order valence-electron chi connectivity index (χ0n) is 7.49. The molecular weight excluding hydrogens is 270 g/mol. The van der Waals surface area contributed by atoms with Crippen LogP contribution in [0.15, 0.2) is 0 Å². The second-order valence-corrected chi connectivity index (χ2v) is 9.59. The Balaban J connectivity index is 0. The third kappa shape index (κ3) is 4.05. The van der Waals surface area contributed by atoms with E-state index < -0.39 is 7.26 Å². The van der Waals surface area contributed by atoms with Crippen LogP contribution in [-0.2, 0) is 25.3 Å². The Labute approximate surface area is 140 Å². The summed E-state index contributed by atoms with van der Waals surface area (Å²) >= 11 is 20.1. The Morgan fingerprint density at radius 2 is 1.33 bits per heavy atom. The van der Waals surface area contributed by atoms with Crippen LogP contribution in [0.5, 0.6) is 0 Å². The van der Waals surface area contributed by atoms with Gasteiger partial charge in [-0.3, -0.25) is 0 Å². The molecule has 0 aliphatic rings. The maximum Gasteiger partial charge on any atom is 1.00 e. The SMILES string of the molecule is CC[P+](CC)(C(=S)[S-])C(=S)[S-].[K+]. The van der Waals surface area contributed by atoms with Crippen LogP contribution in [0, 0.1) is 0 Å². The first kappa shape index (κ1) is 17.1. The summed E-state index contributed by atoms with van der Waals surface area (Å²) in [6.07, 6.45) is 1.88. The van der Waals surface area contributed by atoms with Gasteiger partial charge < -0.3 is 49.7 Å². The normalized spacial score (nSPS) is 10.2. The molecule has 0 aromatic carbocycles. The third-order valence-corrected chi connectivity index (χ3v) is 9.53. The quantitative estimate of drug-likeness (QED) is 0.300. The Morgan fingerprint density at radius 1 is 1.08 bits per heavy atom. The first-order chi connectivity index (χ1) is 5.01. The van der Waals surface area contributed by atoms with E-state index in [1.807, 2.05) is 0 Å². The Morgan fingerprint density at radius 3 is 1.33 bits per heavy atom. The van der Waals surface area contributed by atoms with Crippen LogP contribution in [0.3, 0.4) is 0 Å². The van der Waals surface area contributed by atoms with Crippen molar-refractivity contribution in [3.8, 4) is 0 Å². The largest absolute Gasteiger partial charge is 1.00 e. The molecule has 0 spiro atoms. The molecule has 0 N–H and O–H groups in total. The van der Waals surface area contributed by atoms with Crippen molar-refractivity contribution in [2.24, 2.45) is 0 Å². The van der Waals surface area contributed by atoms with Crippen molar-refractivity contribution in [3.63, 3.8) is 0 Å². The minimum Gasteiger partial charge on any atom is -0.390 e. The van der Waals surface area contributed by atoms with Crippen LogP contribution in [0.25, 0.3) is 0 Å². The van der Waals surface area contributed by atoms with Crippen LogP contribution in [-0.4, -0.2) is 20.2 Å². The number of hydrogen-bond donors (Lipinski definition) is 0. The van der Waals surface area contributed by atoms with Crippen LogP contribution in [0.1, 0.15) is 13.8 Å². The van der Waals surface area contributed by atoms with Crippen molar-refractivity contribution in [1.82, 2.24) is 0 Å². The minimum absolute atomic E-state index is 0. The molecule has 0 unspecified atom stereocenters. The van der Waals surface area contributed by atoms with Crippen LogP contribution in [0.4, 0.5) is 0 Å². The molecule has 64 valence electrons. The minimum atomic E-state index is -1.51. The fourth-order valence-electron chi connectivity index (χ4n) is 0.815. The maximum atomic E-state index is 5.01. The van der Waals surface area contributed by atoms with Crippen LogP contribution >= 0.6 is 31.7 Å². The molecule has 12 heavy (non-hydrogen) atoms. The molecule has 0 aliphatic heterocycles. The summed E-state index contributed by atoms with van der Waals surface area (Å²) in [7, 11) is -1.51. The van der Waals surface area contributed by atoms with Gasteiger partial charge in [0.25, 0.3) is 0 Å². The van der Waals surface area contributed by atoms with E-state index in [-0.39, 0.29) is 51.4 Å². The average molecular weight is 280 g/mol. The molecule has 0 radical (unpaired) electrons. The summed E-state index contributed by atoms with van der Waals surface area (Å²) in [5, 5.41) is 0. The van der Waals surface area contributed by atoms with Gasteiger partial charge in [0.15, 0.2) is 0 Å². The fourth-order valence-corrected chi connectivity index (χ4v) is 7.33. The smallest absolute Gasteiger partial charge is 0.390 e. The average Bonchev–Trinajstić information content (AvgIpc) is 1.90. The van der Waals surface area contributed by atoms with E-state index >= 15 is 0 Å². The second kappa shape index (κ2) is 7.91. The van der Waals surface area contributed by atoms with Gasteiger partial charge in [-0.2, -0.15) is 0 Å². The summed E-state index contributed by atoms with van der Waals surface area (Å²) in [6.45, 7) is 4.13. The van der Waals surface area contributed by atoms with Gasteiger partial charge in [0.2, 0.25) is 0 Å². The molecule has 0 nitrogen and oxygen atoms in total. The zero-order chi connectivity index (χ0) is 9.07. The molecule has 0 heterocycles. The molecule has 0 rings (SSSR count). The van der Waals surface area contributed by atoms with Gasteiger partial charge in [-0.25, -0.2) is 0 Å². The zero-order valence-corrected chi connectivity index (χ0v) is 14.8. The molecular formula is C6H10KPS4. The summed E-state index contributed by atoms with van der Waals surface area (Å²) < 4.78 is 1.25. The van der Waals surface area contributed by atoms with Crippen LogP contribution < -0.4 is 51.4 Å². The summed E-state index contributed by atoms with van der Waals surface area (Å²) in [6, 6.07) is 0. The van der Waals surface area contributed by atoms with E-state index in [4.69, 9.17) is 49.7 Å². The first-order valence-corrected chi connectivity index (χ1v) is 7.10. The van der Waals surface area contributed by atoms with Crippen molar-refractivity contribution >= 4 is 64.8 Å². The topological polar surface area (TPSA) is 0 Å². The Hall–Kier alpha value is 2.69. The Kier molecular flexibility index (Phi) is 11.3. The molecule has 0 saturated heterocycles. The number of hydrogen-bond acceptors (Lipinski definition) is 4. The van der Waals surface area contributed by atoms with E-state index in [0.29, 0.717) is 7.88 Å². The molecule has 0 amide bonds. The van der Waals surface area contributed by atoms with E-state index in [9.17, 15) is 0 Å². The van der Waals surface area contributed by atoms with Crippen molar-refractivity contribution in [3.05, 3.63) is 0 Å². The standard InChI is InChI=1S/C6H11PS4.K/c1-3-7(4-2,5(8)9)6(10)11;/h3-4H2,1-2H3,(H-,8,9,10,11);/q;+1/p-1. The molecule has 6 heteroatoms. The maximum absolute atomic E-state index is 5.01. The van der Waals surface area contributed by atoms with E-state index in [1.165, 1.54) is 0 Å². The third-order valence-electron chi connectivity index (χ3n) is 1.78. The molecule has 0 aromatic rings. The van der Waals surface area contributed by atoms with Gasteiger partial charge in [-0.05, 0) is 13.8 Å². The molecule has 0 aliphatic carbocycles. The monoisotopic (exact) mass is 280 g/mol. The Bertz CT molecular complexity index is 162. The molecule has 0 bridgehead atoms. The predicted molar refractivity (Wildman–Crippen MR) is 67.9 cm³/mol. The van der Waals surface area contributed by atoms with E-state index in [1.54, 1.807) is 0 Å². The molecule has 0 atom stereocenters. The second-order valence-electron chi connectivity index (χ2n) is 2.13. The number of thiocarbonyl (C=S) groups is 2. The van der Waals surface area contributed by atoms with Crippen molar-refractivity contribution < 1.29 is 51.4 Å². The van der Waals surface area contributed by atoms with Gasteiger partial charge in [-0.1, -0.05) is 0 Å². The molecule has 0 aromatic heterocycles. The first-order valence-electron chi connectivity index (χ1n) is 3.31. The number of rotatable bonds is 4. The van der Waals surface area contributed by atoms with Gasteiger partial charge >= 0.3 is 51.4 Å². The van der Waals surface area contributed by atoms with Gasteiger partial charge in [0, 0.05) is 15.1 Å². The van der Waals surface area contributed by atoms with Gasteiger partial charge in [-0.15, -0.1) is 0 Å². The predicted octanol–water partition coefficient (Wildman–Crippen LogP) is -0.289. The van der Waals surface area contributed by atoms with E-state index in [0.717, 1.165) is 12.3 Å². The summed E-state index contributed by atoms with van der Waals surface area (Å²) in [4.78, 5) is 0. The fraction of sp³-hybridized carbons (Fsp3) is 0.667. The summed E-state index contributed by atoms with van der Waals surface area (Å²) in [5.41, 5.74) is 0. The van der Waals surface area contributed by atoms with Gasteiger partial charge in [0.05, 0.1) is 12.3 Å². The van der Waals surface area contributed by atoms with Gasteiger partial charge in [0.1, 0.15) is 0 Å². The molecule has 0 saturated carbocycles.